The monoisotopic (exact) mass is 375 g/mol. The molecule has 0 saturated heterocycles. The lowest BCUT2D eigenvalue weighted by molar-refractivity contribution is -0.118. The summed E-state index contributed by atoms with van der Waals surface area (Å²) in [5.41, 5.74) is 0.872. The first-order valence-electron chi connectivity index (χ1n) is 5.83. The molecule has 1 aromatic rings. The van der Waals surface area contributed by atoms with E-state index in [2.05, 4.69) is 33.9 Å². The first-order valence-corrected chi connectivity index (χ1v) is 7.73. The first-order chi connectivity index (χ1) is 8.72. The molecule has 0 radical (unpaired) electrons. The van der Waals surface area contributed by atoms with Crippen molar-refractivity contribution < 1.29 is 4.79 Å². The van der Waals surface area contributed by atoms with Crippen LogP contribution in [0.5, 0.6) is 0 Å². The Morgan fingerprint density at radius 3 is 3.00 bits per heavy atom. The number of rotatable bonds is 5. The molecule has 1 aliphatic rings. The maximum atomic E-state index is 11.7. The molecule has 1 heterocycles. The van der Waals surface area contributed by atoms with Crippen LogP contribution >= 0.6 is 34.2 Å². The highest BCUT2D eigenvalue weighted by atomic mass is 127. The van der Waals surface area contributed by atoms with Gasteiger partial charge in [0.1, 0.15) is 0 Å². The third kappa shape index (κ3) is 3.23. The summed E-state index contributed by atoms with van der Waals surface area (Å²) in [6.07, 6.45) is 5.73. The van der Waals surface area contributed by atoms with Gasteiger partial charge in [-0.3, -0.25) is 0 Å². The van der Waals surface area contributed by atoms with Crippen LogP contribution < -0.4 is 4.90 Å². The Morgan fingerprint density at radius 1 is 1.44 bits per heavy atom. The van der Waals surface area contributed by atoms with Gasteiger partial charge in [-0.05, 0) is 23.3 Å². The van der Waals surface area contributed by atoms with Crippen LogP contribution in [0, 0.1) is 0 Å². The second-order valence-corrected chi connectivity index (χ2v) is 5.62. The van der Waals surface area contributed by atoms with Crippen LogP contribution in [0.3, 0.4) is 0 Å². The van der Waals surface area contributed by atoms with E-state index in [1.54, 1.807) is 4.90 Å². The summed E-state index contributed by atoms with van der Waals surface area (Å²) >= 11 is 8.31. The molecule has 0 aliphatic carbocycles. The highest BCUT2D eigenvalue weighted by Crippen LogP contribution is 2.25. The quantitative estimate of drug-likeness (QED) is 0.341. The number of halogens is 2. The Bertz CT molecular complexity index is 464. The maximum absolute atomic E-state index is 11.7. The fourth-order valence-electron chi connectivity index (χ4n) is 1.91. The molecule has 0 saturated carbocycles. The summed E-state index contributed by atoms with van der Waals surface area (Å²) in [6.45, 7) is 0. The molecule has 0 spiro atoms. The van der Waals surface area contributed by atoms with Crippen LogP contribution in [0.1, 0.15) is 19.3 Å². The zero-order chi connectivity index (χ0) is 13.0. The highest BCUT2D eigenvalue weighted by Gasteiger charge is 2.21. The van der Waals surface area contributed by atoms with Crippen molar-refractivity contribution in [2.24, 2.45) is 4.99 Å². The Morgan fingerprint density at radius 2 is 2.28 bits per heavy atom. The lowest BCUT2D eigenvalue weighted by Gasteiger charge is -2.31. The number of anilines is 1. The molecule has 0 bridgehead atoms. The van der Waals surface area contributed by atoms with Gasteiger partial charge in [-0.2, -0.15) is 0 Å². The molecule has 18 heavy (non-hydrogen) atoms. The minimum Gasteiger partial charge on any atom is -0.438 e. The summed E-state index contributed by atoms with van der Waals surface area (Å²) < 4.78 is 1.11. The topological polar surface area (TPSA) is 32.7 Å². The summed E-state index contributed by atoms with van der Waals surface area (Å²) in [4.78, 5) is 17.3. The van der Waals surface area contributed by atoms with Crippen LogP contribution in [-0.4, -0.2) is 22.7 Å². The van der Waals surface area contributed by atoms with Crippen molar-refractivity contribution in [1.82, 2.24) is 0 Å². The largest absolute Gasteiger partial charge is 0.438 e. The molecule has 1 amide bonds. The Hall–Kier alpha value is -0.620. The van der Waals surface area contributed by atoms with E-state index in [0.29, 0.717) is 5.02 Å². The molecule has 3 nitrogen and oxygen atoms in total. The van der Waals surface area contributed by atoms with E-state index < -0.39 is 0 Å². The standard InChI is InChI=1S/C13H13ClIN2O/c14-10-4-3-5-11(8-10)17-9-16-13(18)12(17)6-1-2-7-15/h3-5,8,12H,1-2,6-7H2/q-1. The molecule has 5 heteroatoms. The molecule has 1 aromatic carbocycles. The minimum absolute atomic E-state index is 0.108. The van der Waals surface area contributed by atoms with Gasteiger partial charge in [0.25, 0.3) is 0 Å². The van der Waals surface area contributed by atoms with Gasteiger partial charge in [-0.1, -0.05) is 64.5 Å². The lowest BCUT2D eigenvalue weighted by atomic mass is 10.1. The smallest absolute Gasteiger partial charge is 0.164 e. The van der Waals surface area contributed by atoms with Gasteiger partial charge in [-0.15, -0.1) is 0 Å². The van der Waals surface area contributed by atoms with E-state index in [-0.39, 0.29) is 11.9 Å². The Kier molecular flexibility index (Phi) is 5.00. The predicted octanol–water partition coefficient (Wildman–Crippen LogP) is 3.57. The Balaban J connectivity index is 2.11. The highest BCUT2D eigenvalue weighted by molar-refractivity contribution is 14.1. The first kappa shape index (κ1) is 13.8. The minimum atomic E-state index is -0.216. The SMILES string of the molecule is O=C1N=[C-]N(c2cccc(Cl)c2)C1CCCCI. The number of hydrogen-bond acceptors (Lipinski definition) is 2. The van der Waals surface area contributed by atoms with Gasteiger partial charge in [0.15, 0.2) is 5.91 Å². The number of unbranched alkanes of at least 4 members (excludes halogenated alkanes) is 1. The van der Waals surface area contributed by atoms with Gasteiger partial charge >= 0.3 is 0 Å². The van der Waals surface area contributed by atoms with E-state index in [1.165, 1.54) is 0 Å². The van der Waals surface area contributed by atoms with Gasteiger partial charge in [-0.25, -0.2) is 0 Å². The van der Waals surface area contributed by atoms with Crippen molar-refractivity contribution in [3.8, 4) is 0 Å². The summed E-state index contributed by atoms with van der Waals surface area (Å²) in [5, 5.41) is 0.652. The van der Waals surface area contributed by atoms with Crippen molar-refractivity contribution >= 4 is 52.1 Å². The van der Waals surface area contributed by atoms with Gasteiger partial charge in [0.05, 0.1) is 0 Å². The fraction of sp³-hybridized carbons (Fsp3) is 0.385. The van der Waals surface area contributed by atoms with E-state index in [4.69, 9.17) is 11.6 Å². The fourth-order valence-corrected chi connectivity index (χ4v) is 2.63. The van der Waals surface area contributed by atoms with Crippen LogP contribution in [0.2, 0.25) is 5.02 Å². The number of carbonyl (C=O) groups excluding carboxylic acids is 1. The number of hydrogen-bond donors (Lipinski definition) is 0. The van der Waals surface area contributed by atoms with Crippen molar-refractivity contribution in [3.63, 3.8) is 0 Å². The number of amides is 1. The van der Waals surface area contributed by atoms with Gasteiger partial charge in [0, 0.05) is 17.4 Å². The average Bonchev–Trinajstić information content (AvgIpc) is 2.72. The molecular weight excluding hydrogens is 363 g/mol. The van der Waals surface area contributed by atoms with Crippen molar-refractivity contribution in [2.75, 3.05) is 9.33 Å². The molecule has 1 aliphatic heterocycles. The molecule has 0 fully saturated rings. The van der Waals surface area contributed by atoms with Crippen LogP contribution in [0.25, 0.3) is 0 Å². The third-order valence-electron chi connectivity index (χ3n) is 2.81. The van der Waals surface area contributed by atoms with E-state index >= 15 is 0 Å². The van der Waals surface area contributed by atoms with Crippen LogP contribution in [0.4, 0.5) is 5.69 Å². The van der Waals surface area contributed by atoms with Crippen molar-refractivity contribution in [2.45, 2.75) is 25.3 Å². The molecule has 2 rings (SSSR count). The van der Waals surface area contributed by atoms with E-state index in [1.807, 2.05) is 24.3 Å². The third-order valence-corrected chi connectivity index (χ3v) is 3.81. The lowest BCUT2D eigenvalue weighted by Crippen LogP contribution is -2.34. The number of nitrogens with zero attached hydrogens (tertiary/aromatic N) is 2. The number of alkyl halides is 1. The number of aliphatic imine (C=N–C) groups is 1. The molecule has 1 unspecified atom stereocenters. The zero-order valence-corrected chi connectivity index (χ0v) is 12.7. The van der Waals surface area contributed by atoms with Gasteiger partial charge < -0.3 is 14.7 Å². The average molecular weight is 376 g/mol. The van der Waals surface area contributed by atoms with E-state index in [0.717, 1.165) is 29.4 Å². The zero-order valence-electron chi connectivity index (χ0n) is 9.77. The maximum Gasteiger partial charge on any atom is 0.164 e. The van der Waals surface area contributed by atoms with E-state index in [9.17, 15) is 4.79 Å². The normalized spacial score (nSPS) is 18.7. The molecule has 0 N–H and O–H groups in total. The van der Waals surface area contributed by atoms with Crippen LogP contribution in [-0.2, 0) is 4.79 Å². The summed E-state index contributed by atoms with van der Waals surface area (Å²) in [6, 6.07) is 7.20. The molecule has 96 valence electrons. The molecular formula is C13H13ClIN2O-. The Labute approximate surface area is 125 Å². The second-order valence-electron chi connectivity index (χ2n) is 4.10. The van der Waals surface area contributed by atoms with Gasteiger partial charge in [0.2, 0.25) is 0 Å². The van der Waals surface area contributed by atoms with Crippen LogP contribution in [0.15, 0.2) is 29.3 Å². The molecule has 0 aromatic heterocycles. The van der Waals surface area contributed by atoms with Crippen molar-refractivity contribution in [1.29, 1.82) is 0 Å². The van der Waals surface area contributed by atoms with Crippen molar-refractivity contribution in [3.05, 3.63) is 29.3 Å². The summed E-state index contributed by atoms with van der Waals surface area (Å²) in [7, 11) is 0. The predicted molar refractivity (Wildman–Crippen MR) is 82.9 cm³/mol. The number of benzene rings is 1. The molecule has 1 atom stereocenters. The summed E-state index contributed by atoms with van der Waals surface area (Å²) in [5.74, 6) is -0.108. The number of carbonyl (C=O) groups is 1. The second kappa shape index (κ2) is 6.52.